The first-order chi connectivity index (χ1) is 14.5. The van der Waals surface area contributed by atoms with E-state index in [-0.39, 0.29) is 0 Å². The number of nitrogens with two attached hydrogens (primary N) is 1. The van der Waals surface area contributed by atoms with E-state index in [1.165, 1.54) is 12.0 Å². The monoisotopic (exact) mass is 408 g/mol. The van der Waals surface area contributed by atoms with Crippen molar-refractivity contribution in [2.75, 3.05) is 34.2 Å². The summed E-state index contributed by atoms with van der Waals surface area (Å²) in [4.78, 5) is 0. The van der Waals surface area contributed by atoms with Gasteiger partial charge in [-0.05, 0) is 49.1 Å². The number of nitrogen functional groups attached to an aromatic ring is 1. The average Bonchev–Trinajstić information content (AvgIpc) is 2.98. The first-order valence-electron chi connectivity index (χ1n) is 9.98. The van der Waals surface area contributed by atoms with Gasteiger partial charge in [0.2, 0.25) is 5.75 Å². The van der Waals surface area contributed by atoms with Gasteiger partial charge in [-0.2, -0.15) is 0 Å². The Hall–Kier alpha value is -3.28. The normalized spacial score (nSPS) is 13.2. The van der Waals surface area contributed by atoms with E-state index in [0.29, 0.717) is 17.2 Å². The molecule has 6 heteroatoms. The van der Waals surface area contributed by atoms with E-state index in [1.54, 1.807) is 28.4 Å². The molecule has 158 valence electrons. The third-order valence-corrected chi connectivity index (χ3v) is 5.95. The average molecular weight is 408 g/mol. The number of allylic oxidation sites excluding steroid dienone is 1. The number of nitrogens with zero attached hydrogens (tertiary/aromatic N) is 1. The van der Waals surface area contributed by atoms with Crippen LogP contribution in [-0.2, 0) is 7.05 Å². The molecule has 1 aromatic heterocycles. The van der Waals surface area contributed by atoms with Gasteiger partial charge in [0.25, 0.3) is 0 Å². The smallest absolute Gasteiger partial charge is 0.203 e. The lowest BCUT2D eigenvalue weighted by molar-refractivity contribution is 0.324. The van der Waals surface area contributed by atoms with Crippen LogP contribution in [0.1, 0.15) is 30.5 Å². The van der Waals surface area contributed by atoms with Gasteiger partial charge >= 0.3 is 0 Å². The Kier molecular flexibility index (Phi) is 5.24. The molecular formula is C24H28N2O4. The lowest BCUT2D eigenvalue weighted by atomic mass is 9.83. The molecule has 2 N–H and O–H groups in total. The zero-order valence-electron chi connectivity index (χ0n) is 18.2. The number of aromatic nitrogens is 1. The van der Waals surface area contributed by atoms with Gasteiger partial charge in [0.15, 0.2) is 11.5 Å². The van der Waals surface area contributed by atoms with Crippen LogP contribution in [-0.4, -0.2) is 33.0 Å². The molecule has 1 aliphatic carbocycles. The molecule has 2 aromatic carbocycles. The van der Waals surface area contributed by atoms with E-state index in [2.05, 4.69) is 4.57 Å². The first kappa shape index (κ1) is 20.0. The number of anilines is 1. The third-order valence-electron chi connectivity index (χ3n) is 5.95. The number of aryl methyl sites for hydroxylation is 1. The van der Waals surface area contributed by atoms with Crippen molar-refractivity contribution in [1.29, 1.82) is 0 Å². The van der Waals surface area contributed by atoms with Gasteiger partial charge in [0.1, 0.15) is 5.75 Å². The van der Waals surface area contributed by atoms with E-state index in [9.17, 15) is 0 Å². The molecule has 0 saturated heterocycles. The van der Waals surface area contributed by atoms with Gasteiger partial charge in [-0.3, -0.25) is 0 Å². The molecule has 3 aromatic rings. The fraction of sp³-hybridized carbons (Fsp3) is 0.333. The largest absolute Gasteiger partial charge is 0.497 e. The zero-order valence-corrected chi connectivity index (χ0v) is 18.2. The highest BCUT2D eigenvalue weighted by molar-refractivity contribution is 6.02. The highest BCUT2D eigenvalue weighted by atomic mass is 16.5. The molecule has 0 unspecified atom stereocenters. The molecule has 1 saturated carbocycles. The molecule has 0 atom stereocenters. The molecule has 0 spiro atoms. The maximum atomic E-state index is 6.70. The van der Waals surface area contributed by atoms with Crippen LogP contribution in [0.25, 0.3) is 16.5 Å². The second kappa shape index (κ2) is 7.86. The van der Waals surface area contributed by atoms with Crippen LogP contribution in [0.5, 0.6) is 23.0 Å². The van der Waals surface area contributed by atoms with Crippen molar-refractivity contribution >= 4 is 22.2 Å². The van der Waals surface area contributed by atoms with E-state index >= 15 is 0 Å². The Morgan fingerprint density at radius 1 is 0.900 bits per heavy atom. The molecule has 0 amide bonds. The molecule has 6 nitrogen and oxygen atoms in total. The molecule has 1 fully saturated rings. The first-order valence-corrected chi connectivity index (χ1v) is 9.98. The van der Waals surface area contributed by atoms with E-state index in [4.69, 9.17) is 24.7 Å². The molecule has 1 aliphatic rings. The number of methoxy groups -OCH3 is 4. The molecular weight excluding hydrogens is 380 g/mol. The molecule has 0 bridgehead atoms. The predicted molar refractivity (Wildman–Crippen MR) is 120 cm³/mol. The van der Waals surface area contributed by atoms with Gasteiger partial charge in [0, 0.05) is 24.1 Å². The maximum absolute atomic E-state index is 6.70. The summed E-state index contributed by atoms with van der Waals surface area (Å²) in [5, 5.41) is 1.01. The van der Waals surface area contributed by atoms with Gasteiger partial charge in [-0.25, -0.2) is 0 Å². The minimum absolute atomic E-state index is 0.580. The van der Waals surface area contributed by atoms with Crippen molar-refractivity contribution in [2.45, 2.75) is 19.3 Å². The van der Waals surface area contributed by atoms with E-state index in [0.717, 1.165) is 52.0 Å². The zero-order chi connectivity index (χ0) is 21.4. The van der Waals surface area contributed by atoms with Crippen LogP contribution >= 0.6 is 0 Å². The Balaban J connectivity index is 2.00. The molecule has 0 radical (unpaired) electrons. The van der Waals surface area contributed by atoms with Gasteiger partial charge in [-0.15, -0.1) is 0 Å². The highest BCUT2D eigenvalue weighted by Gasteiger charge is 2.26. The summed E-state index contributed by atoms with van der Waals surface area (Å²) in [7, 11) is 8.60. The van der Waals surface area contributed by atoms with Crippen molar-refractivity contribution in [3.8, 4) is 23.0 Å². The Labute approximate surface area is 176 Å². The maximum Gasteiger partial charge on any atom is 0.203 e. The minimum Gasteiger partial charge on any atom is -0.497 e. The van der Waals surface area contributed by atoms with Crippen LogP contribution in [0.4, 0.5) is 5.69 Å². The number of fused-ring (bicyclic) bond motifs is 1. The fourth-order valence-corrected chi connectivity index (χ4v) is 4.21. The quantitative estimate of drug-likeness (QED) is 0.636. The van der Waals surface area contributed by atoms with Gasteiger partial charge < -0.3 is 29.2 Å². The van der Waals surface area contributed by atoms with Crippen LogP contribution in [0, 0.1) is 0 Å². The second-order valence-corrected chi connectivity index (χ2v) is 7.45. The number of rotatable bonds is 6. The third kappa shape index (κ3) is 3.03. The Morgan fingerprint density at radius 2 is 1.57 bits per heavy atom. The van der Waals surface area contributed by atoms with E-state index < -0.39 is 0 Å². The summed E-state index contributed by atoms with van der Waals surface area (Å²) < 4.78 is 24.3. The number of hydrogen-bond donors (Lipinski definition) is 1. The number of hydrogen-bond acceptors (Lipinski definition) is 5. The fourth-order valence-electron chi connectivity index (χ4n) is 4.21. The highest BCUT2D eigenvalue weighted by Crippen LogP contribution is 2.47. The minimum atomic E-state index is 0.580. The number of ether oxygens (including phenoxy) is 4. The van der Waals surface area contributed by atoms with Gasteiger partial charge in [-0.1, -0.05) is 5.57 Å². The molecule has 4 rings (SSSR count). The summed E-state index contributed by atoms with van der Waals surface area (Å²) >= 11 is 0. The van der Waals surface area contributed by atoms with E-state index in [1.807, 2.05) is 37.4 Å². The second-order valence-electron chi connectivity index (χ2n) is 7.45. The van der Waals surface area contributed by atoms with Crippen LogP contribution in [0.3, 0.4) is 0 Å². The summed E-state index contributed by atoms with van der Waals surface area (Å²) in [6.07, 6.45) is 3.29. The van der Waals surface area contributed by atoms with Crippen LogP contribution in [0.2, 0.25) is 0 Å². The molecule has 0 aliphatic heterocycles. The van der Waals surface area contributed by atoms with Crippen molar-refractivity contribution in [2.24, 2.45) is 7.05 Å². The summed E-state index contributed by atoms with van der Waals surface area (Å²) in [6.45, 7) is 0. The van der Waals surface area contributed by atoms with Crippen molar-refractivity contribution in [3.63, 3.8) is 0 Å². The summed E-state index contributed by atoms with van der Waals surface area (Å²) in [6, 6.07) is 9.98. The summed E-state index contributed by atoms with van der Waals surface area (Å²) in [5.74, 6) is 2.64. The Bertz CT molecular complexity index is 1110. The van der Waals surface area contributed by atoms with Crippen LogP contribution in [0.15, 0.2) is 35.9 Å². The lowest BCUT2D eigenvalue weighted by Gasteiger charge is -2.25. The Morgan fingerprint density at radius 3 is 2.07 bits per heavy atom. The summed E-state index contributed by atoms with van der Waals surface area (Å²) in [5.41, 5.74) is 13.0. The topological polar surface area (TPSA) is 67.9 Å². The SMILES string of the molecule is COc1ccc2c(N)c(C(=C3CCC3)c3cc(OC)c(OC)c(OC)c3)n(C)c2c1. The number of benzene rings is 2. The van der Waals surface area contributed by atoms with Crippen molar-refractivity contribution in [1.82, 2.24) is 4.57 Å². The van der Waals surface area contributed by atoms with Crippen molar-refractivity contribution < 1.29 is 18.9 Å². The van der Waals surface area contributed by atoms with Crippen LogP contribution < -0.4 is 24.7 Å². The van der Waals surface area contributed by atoms with Crippen molar-refractivity contribution in [3.05, 3.63) is 47.2 Å². The molecule has 30 heavy (non-hydrogen) atoms. The standard InChI is InChI=1S/C24H28N2O4/c1-26-18-13-16(27-2)9-10-17(18)22(25)23(26)21(14-7-6-8-14)15-11-19(28-3)24(30-5)20(12-15)29-4/h9-13H,6-8,25H2,1-5H3. The molecule has 1 heterocycles. The predicted octanol–water partition coefficient (Wildman–Crippen LogP) is 4.78. The lowest BCUT2D eigenvalue weighted by Crippen LogP contribution is -2.08. The van der Waals surface area contributed by atoms with Gasteiger partial charge in [0.05, 0.1) is 45.3 Å².